The van der Waals surface area contributed by atoms with Crippen LogP contribution in [0.2, 0.25) is 5.02 Å². The van der Waals surface area contributed by atoms with E-state index in [0.29, 0.717) is 52.2 Å². The molecular formula is C22H17ClN2O7S. The van der Waals surface area contributed by atoms with Crippen LogP contribution >= 0.6 is 23.4 Å². The fourth-order valence-corrected chi connectivity index (χ4v) is 4.60. The lowest BCUT2D eigenvalue weighted by molar-refractivity contribution is -0.122. The number of halogens is 1. The molecule has 1 saturated heterocycles. The molecule has 0 atom stereocenters. The molecule has 2 aromatic carbocycles. The highest BCUT2D eigenvalue weighted by molar-refractivity contribution is 8.18. The van der Waals surface area contributed by atoms with Gasteiger partial charge in [0, 0.05) is 18.7 Å². The summed E-state index contributed by atoms with van der Waals surface area (Å²) < 4.78 is 21.5. The minimum atomic E-state index is -0.417. The van der Waals surface area contributed by atoms with Gasteiger partial charge >= 0.3 is 0 Å². The molecule has 0 bridgehead atoms. The van der Waals surface area contributed by atoms with Crippen molar-refractivity contribution in [2.75, 3.05) is 33.1 Å². The van der Waals surface area contributed by atoms with Gasteiger partial charge in [0.15, 0.2) is 23.0 Å². The summed E-state index contributed by atoms with van der Waals surface area (Å²) in [7, 11) is 0. The molecule has 0 unspecified atom stereocenters. The second-order valence-electron chi connectivity index (χ2n) is 7.18. The fraction of sp³-hybridized carbons (Fsp3) is 0.227. The van der Waals surface area contributed by atoms with Crippen molar-refractivity contribution in [2.24, 2.45) is 0 Å². The number of thioether (sulfide) groups is 1. The molecule has 0 aliphatic carbocycles. The molecular weight excluding hydrogens is 472 g/mol. The molecule has 9 nitrogen and oxygen atoms in total. The number of carbonyl (C=O) groups is 3. The molecule has 3 heterocycles. The average molecular weight is 489 g/mol. The molecule has 3 aliphatic rings. The van der Waals surface area contributed by atoms with Crippen molar-refractivity contribution >= 4 is 46.5 Å². The van der Waals surface area contributed by atoms with E-state index < -0.39 is 17.1 Å². The maximum Gasteiger partial charge on any atom is 0.293 e. The van der Waals surface area contributed by atoms with Gasteiger partial charge in [0.2, 0.25) is 6.79 Å². The van der Waals surface area contributed by atoms with Gasteiger partial charge in [-0.25, -0.2) is 0 Å². The predicted molar refractivity (Wildman–Crippen MR) is 120 cm³/mol. The Morgan fingerprint density at radius 2 is 1.88 bits per heavy atom. The summed E-state index contributed by atoms with van der Waals surface area (Å²) in [6.07, 6.45) is 1.63. The molecule has 11 heteroatoms. The van der Waals surface area contributed by atoms with Crippen LogP contribution in [0.15, 0.2) is 35.2 Å². The third-order valence-electron chi connectivity index (χ3n) is 5.05. The molecule has 0 radical (unpaired) electrons. The molecule has 1 fully saturated rings. The van der Waals surface area contributed by atoms with Crippen molar-refractivity contribution in [2.45, 2.75) is 0 Å². The van der Waals surface area contributed by atoms with Gasteiger partial charge < -0.3 is 24.3 Å². The number of nitrogens with one attached hydrogen (secondary N) is 1. The largest absolute Gasteiger partial charge is 0.486 e. The number of hydrogen-bond acceptors (Lipinski definition) is 8. The van der Waals surface area contributed by atoms with Gasteiger partial charge in [-0.3, -0.25) is 19.3 Å². The van der Waals surface area contributed by atoms with Crippen LogP contribution in [0.4, 0.5) is 4.79 Å². The summed E-state index contributed by atoms with van der Waals surface area (Å²) in [6, 6.07) is 8.30. The number of imide groups is 1. The Morgan fingerprint density at radius 1 is 1.06 bits per heavy atom. The van der Waals surface area contributed by atoms with Crippen molar-refractivity contribution in [1.82, 2.24) is 10.2 Å². The van der Waals surface area contributed by atoms with Gasteiger partial charge in [0.25, 0.3) is 17.1 Å². The van der Waals surface area contributed by atoms with E-state index in [4.69, 9.17) is 30.5 Å². The number of fused-ring (bicyclic) bond motifs is 2. The normalized spacial score (nSPS) is 17.6. The monoisotopic (exact) mass is 488 g/mol. The van der Waals surface area contributed by atoms with Crippen molar-refractivity contribution in [3.05, 3.63) is 51.4 Å². The fourth-order valence-electron chi connectivity index (χ4n) is 3.47. The van der Waals surface area contributed by atoms with E-state index in [1.807, 2.05) is 0 Å². The van der Waals surface area contributed by atoms with Crippen molar-refractivity contribution in [3.8, 4) is 23.0 Å². The smallest absolute Gasteiger partial charge is 0.293 e. The first-order valence-corrected chi connectivity index (χ1v) is 11.2. The SMILES string of the molecule is O=C(NCCN1C(=O)S/C(=C\c2ccc3c(c2)OCO3)C1=O)c1cc(Cl)c2c(c1)OCCO2. The quantitative estimate of drug-likeness (QED) is 0.639. The van der Waals surface area contributed by atoms with Gasteiger partial charge in [0.05, 0.1) is 9.93 Å². The Labute approximate surface area is 197 Å². The topological polar surface area (TPSA) is 103 Å². The highest BCUT2D eigenvalue weighted by atomic mass is 35.5. The summed E-state index contributed by atoms with van der Waals surface area (Å²) in [5, 5.41) is 2.57. The van der Waals surface area contributed by atoms with E-state index in [0.717, 1.165) is 16.7 Å². The minimum Gasteiger partial charge on any atom is -0.486 e. The van der Waals surface area contributed by atoms with Crippen LogP contribution in [0.3, 0.4) is 0 Å². The molecule has 0 saturated carbocycles. The van der Waals surface area contributed by atoms with Crippen molar-refractivity contribution in [3.63, 3.8) is 0 Å². The van der Waals surface area contributed by atoms with Crippen LogP contribution in [0, 0.1) is 0 Å². The summed E-state index contributed by atoms with van der Waals surface area (Å²) in [4.78, 5) is 39.0. The molecule has 0 aromatic heterocycles. The first-order valence-electron chi connectivity index (χ1n) is 10.0. The van der Waals surface area contributed by atoms with E-state index >= 15 is 0 Å². The maximum absolute atomic E-state index is 12.7. The van der Waals surface area contributed by atoms with E-state index in [9.17, 15) is 14.4 Å². The van der Waals surface area contributed by atoms with Crippen LogP contribution in [-0.4, -0.2) is 55.0 Å². The van der Waals surface area contributed by atoms with Crippen LogP contribution in [0.1, 0.15) is 15.9 Å². The predicted octanol–water partition coefficient (Wildman–Crippen LogP) is 3.31. The van der Waals surface area contributed by atoms with Crippen LogP contribution in [0.5, 0.6) is 23.0 Å². The Kier molecular flexibility index (Phi) is 5.77. The van der Waals surface area contributed by atoms with Gasteiger partial charge in [-0.15, -0.1) is 0 Å². The molecule has 3 amide bonds. The zero-order valence-corrected chi connectivity index (χ0v) is 18.7. The van der Waals surface area contributed by atoms with Crippen molar-refractivity contribution in [1.29, 1.82) is 0 Å². The molecule has 5 rings (SSSR count). The highest BCUT2D eigenvalue weighted by Gasteiger charge is 2.34. The molecule has 1 N–H and O–H groups in total. The maximum atomic E-state index is 12.7. The minimum absolute atomic E-state index is 0.0349. The lowest BCUT2D eigenvalue weighted by Crippen LogP contribution is -2.37. The Bertz CT molecular complexity index is 1200. The van der Waals surface area contributed by atoms with E-state index in [2.05, 4.69) is 5.32 Å². The second-order valence-corrected chi connectivity index (χ2v) is 8.58. The lowest BCUT2D eigenvalue weighted by Gasteiger charge is -2.20. The number of amides is 3. The standard InChI is InChI=1S/C22H17ClN2O7S/c23-14-9-13(10-17-19(14)30-6-5-29-17)20(26)24-3-4-25-21(27)18(33-22(25)28)8-12-1-2-15-16(7-12)32-11-31-15/h1-2,7-10H,3-6,11H2,(H,24,26)/b18-8-. The third kappa shape index (κ3) is 4.31. The second kappa shape index (κ2) is 8.87. The third-order valence-corrected chi connectivity index (χ3v) is 6.24. The summed E-state index contributed by atoms with van der Waals surface area (Å²) >= 11 is 7.02. The molecule has 170 valence electrons. The van der Waals surface area contributed by atoms with Crippen molar-refractivity contribution < 1.29 is 33.3 Å². The van der Waals surface area contributed by atoms with E-state index in [-0.39, 0.29) is 24.9 Å². The number of benzene rings is 2. The van der Waals surface area contributed by atoms with Gasteiger partial charge in [0.1, 0.15) is 13.2 Å². The molecule has 2 aromatic rings. The number of rotatable bonds is 5. The molecule has 3 aliphatic heterocycles. The van der Waals surface area contributed by atoms with Gasteiger partial charge in [-0.2, -0.15) is 0 Å². The Balaban J connectivity index is 1.21. The zero-order chi connectivity index (χ0) is 22.9. The van der Waals surface area contributed by atoms with Crippen LogP contribution < -0.4 is 24.3 Å². The summed E-state index contributed by atoms with van der Waals surface area (Å²) in [5.41, 5.74) is 1.01. The molecule has 0 spiro atoms. The van der Waals surface area contributed by atoms with E-state index in [1.54, 1.807) is 30.3 Å². The number of hydrogen-bond donors (Lipinski definition) is 1. The van der Waals surface area contributed by atoms with Gasteiger partial charge in [-0.1, -0.05) is 17.7 Å². The van der Waals surface area contributed by atoms with Crippen LogP contribution in [0.25, 0.3) is 6.08 Å². The summed E-state index contributed by atoms with van der Waals surface area (Å²) in [5.74, 6) is 1.21. The first kappa shape index (κ1) is 21.5. The van der Waals surface area contributed by atoms with Crippen LogP contribution in [-0.2, 0) is 4.79 Å². The molecule has 33 heavy (non-hydrogen) atoms. The van der Waals surface area contributed by atoms with E-state index in [1.165, 1.54) is 6.07 Å². The average Bonchev–Trinajstić information content (AvgIpc) is 3.38. The Hall–Kier alpha value is -3.37. The number of nitrogens with zero attached hydrogens (tertiary/aromatic N) is 1. The zero-order valence-electron chi connectivity index (χ0n) is 17.1. The highest BCUT2D eigenvalue weighted by Crippen LogP contribution is 2.38. The van der Waals surface area contributed by atoms with Gasteiger partial charge in [-0.05, 0) is 47.7 Å². The lowest BCUT2D eigenvalue weighted by atomic mass is 10.1. The number of ether oxygens (including phenoxy) is 4. The summed E-state index contributed by atoms with van der Waals surface area (Å²) in [6.45, 7) is 1.03. The first-order chi connectivity index (χ1) is 16.0. The number of carbonyl (C=O) groups excluding carboxylic acids is 3. The Morgan fingerprint density at radius 3 is 2.76 bits per heavy atom.